The summed E-state index contributed by atoms with van der Waals surface area (Å²) in [5.74, 6) is 0.0688. The molecule has 1 aromatic heterocycles. The highest BCUT2D eigenvalue weighted by Crippen LogP contribution is 2.18. The second-order valence-electron chi connectivity index (χ2n) is 2.30. The van der Waals surface area contributed by atoms with Gasteiger partial charge >= 0.3 is 0 Å². The van der Waals surface area contributed by atoms with Crippen molar-refractivity contribution in [3.05, 3.63) is 32.2 Å². The maximum absolute atomic E-state index is 12.2. The van der Waals surface area contributed by atoms with Crippen LogP contribution in [0.25, 0.3) is 0 Å². The molecule has 0 fully saturated rings. The molecule has 0 radical (unpaired) electrons. The maximum Gasteiger partial charge on any atom is 0.269 e. The first kappa shape index (κ1) is 10.7. The highest BCUT2D eigenvalue weighted by Gasteiger charge is 2.15. The van der Waals surface area contributed by atoms with Crippen LogP contribution in [0.3, 0.4) is 0 Å². The van der Waals surface area contributed by atoms with E-state index in [0.717, 1.165) is 6.20 Å². The van der Waals surface area contributed by atoms with E-state index >= 15 is 0 Å². The van der Waals surface area contributed by atoms with Gasteiger partial charge in [-0.15, -0.1) is 11.6 Å². The number of pyridine rings is 1. The average Bonchev–Trinajstić information content (AvgIpc) is 2.09. The Kier molecular flexibility index (Phi) is 3.44. The van der Waals surface area contributed by atoms with Crippen LogP contribution in [-0.2, 0) is 5.88 Å². The minimum atomic E-state index is -2.77. The van der Waals surface area contributed by atoms with E-state index in [-0.39, 0.29) is 10.4 Å². The number of H-pyrrole nitrogens is 1. The van der Waals surface area contributed by atoms with Crippen LogP contribution in [0.2, 0.25) is 0 Å². The van der Waals surface area contributed by atoms with Crippen molar-refractivity contribution in [2.75, 3.05) is 0 Å². The Morgan fingerprint density at radius 3 is 2.69 bits per heavy atom. The van der Waals surface area contributed by atoms with Crippen molar-refractivity contribution >= 4 is 27.5 Å². The zero-order valence-electron chi connectivity index (χ0n) is 6.28. The molecule has 6 heteroatoms. The minimum absolute atomic E-state index is 0.0688. The lowest BCUT2D eigenvalue weighted by Gasteiger charge is -2.03. The van der Waals surface area contributed by atoms with Gasteiger partial charge in [-0.3, -0.25) is 4.79 Å². The van der Waals surface area contributed by atoms with Crippen LogP contribution < -0.4 is 5.43 Å². The van der Waals surface area contributed by atoms with Crippen molar-refractivity contribution < 1.29 is 8.78 Å². The van der Waals surface area contributed by atoms with Gasteiger partial charge in [0.1, 0.15) is 0 Å². The molecular weight excluding hydrogens is 267 g/mol. The zero-order chi connectivity index (χ0) is 10.0. The predicted octanol–water partition coefficient (Wildman–Crippen LogP) is 2.81. The summed E-state index contributed by atoms with van der Waals surface area (Å²) >= 11 is 8.35. The molecule has 1 N–H and O–H groups in total. The van der Waals surface area contributed by atoms with E-state index in [1.54, 1.807) is 0 Å². The molecular formula is C7H5BrClF2NO. The third kappa shape index (κ3) is 2.08. The number of hydrogen-bond acceptors (Lipinski definition) is 1. The number of rotatable bonds is 2. The van der Waals surface area contributed by atoms with Crippen LogP contribution >= 0.6 is 27.5 Å². The third-order valence-corrected chi connectivity index (χ3v) is 2.60. The lowest BCUT2D eigenvalue weighted by Crippen LogP contribution is -2.13. The van der Waals surface area contributed by atoms with Gasteiger partial charge in [-0.25, -0.2) is 8.78 Å². The fourth-order valence-corrected chi connectivity index (χ4v) is 1.67. The second kappa shape index (κ2) is 4.19. The Bertz CT molecular complexity index is 366. The lowest BCUT2D eigenvalue weighted by molar-refractivity contribution is 0.149. The topological polar surface area (TPSA) is 32.9 Å². The summed E-state index contributed by atoms with van der Waals surface area (Å²) in [6.45, 7) is 0. The van der Waals surface area contributed by atoms with Gasteiger partial charge in [-0.05, 0) is 15.9 Å². The number of aromatic amines is 1. The molecule has 1 aromatic rings. The van der Waals surface area contributed by atoms with E-state index in [1.807, 2.05) is 0 Å². The summed E-state index contributed by atoms with van der Waals surface area (Å²) < 4.78 is 24.4. The van der Waals surface area contributed by atoms with E-state index in [1.165, 1.54) is 0 Å². The van der Waals surface area contributed by atoms with Crippen LogP contribution in [0.4, 0.5) is 8.78 Å². The summed E-state index contributed by atoms with van der Waals surface area (Å²) in [5.41, 5.74) is -0.874. The van der Waals surface area contributed by atoms with E-state index < -0.39 is 17.4 Å². The molecule has 13 heavy (non-hydrogen) atoms. The van der Waals surface area contributed by atoms with Crippen molar-refractivity contribution in [1.29, 1.82) is 0 Å². The van der Waals surface area contributed by atoms with Gasteiger partial charge in [-0.1, -0.05) is 0 Å². The quantitative estimate of drug-likeness (QED) is 0.825. The lowest BCUT2D eigenvalue weighted by atomic mass is 10.2. The Hall–Kier alpha value is -0.420. The molecule has 72 valence electrons. The number of aromatic nitrogens is 1. The van der Waals surface area contributed by atoms with Crippen molar-refractivity contribution in [3.8, 4) is 0 Å². The molecule has 0 saturated carbocycles. The summed E-state index contributed by atoms with van der Waals surface area (Å²) in [6.07, 6.45) is -1.79. The monoisotopic (exact) mass is 271 g/mol. The SMILES string of the molecule is O=c1c(C(F)F)c[nH]c(CCl)c1Br. The van der Waals surface area contributed by atoms with E-state index in [0.29, 0.717) is 5.69 Å². The molecule has 0 aliphatic carbocycles. The molecule has 0 amide bonds. The summed E-state index contributed by atoms with van der Waals surface area (Å²) in [6, 6.07) is 0. The molecule has 0 unspecified atom stereocenters. The summed E-state index contributed by atoms with van der Waals surface area (Å²) in [7, 11) is 0. The Balaban J connectivity index is 3.32. The fraction of sp³-hybridized carbons (Fsp3) is 0.286. The number of nitrogens with one attached hydrogen (secondary N) is 1. The highest BCUT2D eigenvalue weighted by atomic mass is 79.9. The molecule has 0 bridgehead atoms. The fourth-order valence-electron chi connectivity index (χ4n) is 0.817. The smallest absolute Gasteiger partial charge is 0.269 e. The molecule has 0 aliphatic heterocycles. The number of halogens is 4. The van der Waals surface area contributed by atoms with Gasteiger partial charge in [0.15, 0.2) is 0 Å². The predicted molar refractivity (Wildman–Crippen MR) is 49.3 cm³/mol. The molecule has 0 atom stereocenters. The zero-order valence-corrected chi connectivity index (χ0v) is 8.62. The first-order chi connectivity index (χ1) is 6.07. The van der Waals surface area contributed by atoms with Gasteiger partial charge in [0.25, 0.3) is 6.43 Å². The number of hydrogen-bond donors (Lipinski definition) is 1. The molecule has 0 saturated heterocycles. The maximum atomic E-state index is 12.2. The van der Waals surface area contributed by atoms with Gasteiger partial charge in [0.2, 0.25) is 5.43 Å². The normalized spacial score (nSPS) is 10.8. The third-order valence-electron chi connectivity index (χ3n) is 1.50. The molecule has 0 aliphatic rings. The highest BCUT2D eigenvalue weighted by molar-refractivity contribution is 9.10. The van der Waals surface area contributed by atoms with Crippen LogP contribution in [0.1, 0.15) is 17.7 Å². The Morgan fingerprint density at radius 1 is 1.62 bits per heavy atom. The summed E-state index contributed by atoms with van der Waals surface area (Å²) in [4.78, 5) is 13.7. The average molecular weight is 272 g/mol. The second-order valence-corrected chi connectivity index (χ2v) is 3.36. The molecule has 2 nitrogen and oxygen atoms in total. The standard InChI is InChI=1S/C7H5BrClF2NO/c8-5-4(1-9)12-2-3(6(5)13)7(10)11/h2,7H,1H2,(H,12,13). The van der Waals surface area contributed by atoms with E-state index in [4.69, 9.17) is 11.6 Å². The molecule has 0 spiro atoms. The van der Waals surface area contributed by atoms with Crippen molar-refractivity contribution in [1.82, 2.24) is 4.98 Å². The van der Waals surface area contributed by atoms with Gasteiger partial charge in [-0.2, -0.15) is 0 Å². The van der Waals surface area contributed by atoms with Crippen LogP contribution in [0.5, 0.6) is 0 Å². The van der Waals surface area contributed by atoms with Crippen LogP contribution in [-0.4, -0.2) is 4.98 Å². The Labute approximate surface area is 86.0 Å². The van der Waals surface area contributed by atoms with Crippen molar-refractivity contribution in [2.45, 2.75) is 12.3 Å². The number of alkyl halides is 3. The van der Waals surface area contributed by atoms with Crippen molar-refractivity contribution in [2.24, 2.45) is 0 Å². The molecule has 1 heterocycles. The Morgan fingerprint density at radius 2 is 2.23 bits per heavy atom. The largest absolute Gasteiger partial charge is 0.362 e. The van der Waals surface area contributed by atoms with Crippen LogP contribution in [0, 0.1) is 0 Å². The minimum Gasteiger partial charge on any atom is -0.362 e. The van der Waals surface area contributed by atoms with Gasteiger partial charge < -0.3 is 4.98 Å². The van der Waals surface area contributed by atoms with Gasteiger partial charge in [0.05, 0.1) is 15.9 Å². The summed E-state index contributed by atoms with van der Waals surface area (Å²) in [5, 5.41) is 0. The van der Waals surface area contributed by atoms with E-state index in [9.17, 15) is 13.6 Å². The first-order valence-corrected chi connectivity index (χ1v) is 4.64. The first-order valence-electron chi connectivity index (χ1n) is 3.32. The van der Waals surface area contributed by atoms with Crippen molar-refractivity contribution in [3.63, 3.8) is 0 Å². The van der Waals surface area contributed by atoms with Gasteiger partial charge in [0, 0.05) is 11.9 Å². The molecule has 1 rings (SSSR count). The van der Waals surface area contributed by atoms with Crippen LogP contribution in [0.15, 0.2) is 15.5 Å². The molecule has 0 aromatic carbocycles. The van der Waals surface area contributed by atoms with E-state index in [2.05, 4.69) is 20.9 Å².